The Morgan fingerprint density at radius 1 is 1.13 bits per heavy atom. The quantitative estimate of drug-likeness (QED) is 0.0949. The zero-order chi connectivity index (χ0) is 37.2. The minimum Gasteiger partial charge on any atom is -0.475 e. The minimum atomic E-state index is -0.285. The number of aliphatic hydroxyl groups is 1. The average molecular weight is 709 g/mol. The lowest BCUT2D eigenvalue weighted by atomic mass is 9.98. The van der Waals surface area contributed by atoms with Crippen LogP contribution >= 0.6 is 0 Å². The number of likely N-dealkylation sites (tertiary alicyclic amines) is 1. The summed E-state index contributed by atoms with van der Waals surface area (Å²) < 4.78 is 5.61. The molecule has 14 nitrogen and oxygen atoms in total. The van der Waals surface area contributed by atoms with E-state index in [1.165, 1.54) is 6.34 Å². The number of aliphatic imine (C=N–C) groups is 1. The number of carbonyl (C=O) groups excluding carboxylic acids is 2. The Bertz CT molecular complexity index is 1810. The monoisotopic (exact) mass is 708 g/mol. The lowest BCUT2D eigenvalue weighted by molar-refractivity contribution is -0.132. The number of nitrogen functional groups attached to an aromatic ring is 1. The highest BCUT2D eigenvalue weighted by Gasteiger charge is 2.34. The van der Waals surface area contributed by atoms with E-state index >= 15 is 0 Å². The molecule has 52 heavy (non-hydrogen) atoms. The first-order chi connectivity index (χ1) is 25.1. The summed E-state index contributed by atoms with van der Waals surface area (Å²) in [4.78, 5) is 45.6. The predicted octanol–water partition coefficient (Wildman–Crippen LogP) is 3.19. The average Bonchev–Trinajstić information content (AvgIpc) is 3.62. The van der Waals surface area contributed by atoms with Crippen LogP contribution in [-0.2, 0) is 9.59 Å². The fraction of sp³-hybridized carbons (Fsp3) is 0.395. The van der Waals surface area contributed by atoms with Crippen LogP contribution in [0, 0.1) is 16.7 Å². The smallest absolute Gasteiger partial charge is 0.237 e. The Kier molecular flexibility index (Phi) is 12.8. The fourth-order valence-corrected chi connectivity index (χ4v) is 6.22. The van der Waals surface area contributed by atoms with Crippen LogP contribution in [0.4, 0.5) is 11.5 Å². The van der Waals surface area contributed by atoms with E-state index in [4.69, 9.17) is 26.4 Å². The first-order valence-electron chi connectivity index (χ1n) is 17.6. The van der Waals surface area contributed by atoms with Crippen molar-refractivity contribution >= 4 is 46.8 Å². The highest BCUT2D eigenvalue weighted by Crippen LogP contribution is 2.26. The van der Waals surface area contributed by atoms with Crippen molar-refractivity contribution in [1.29, 1.82) is 10.8 Å². The summed E-state index contributed by atoms with van der Waals surface area (Å²) in [6, 6.07) is 14.5. The van der Waals surface area contributed by atoms with Gasteiger partial charge in [-0.2, -0.15) is 0 Å². The molecule has 2 amide bonds. The maximum Gasteiger partial charge on any atom is 0.237 e. The zero-order valence-corrected chi connectivity index (χ0v) is 30.0. The topological polar surface area (TPSA) is 197 Å². The van der Waals surface area contributed by atoms with Gasteiger partial charge in [-0.3, -0.25) is 30.2 Å². The molecular weight excluding hydrogens is 660 g/mol. The lowest BCUT2D eigenvalue weighted by Crippen LogP contribution is -2.42. The van der Waals surface area contributed by atoms with Crippen molar-refractivity contribution in [3.63, 3.8) is 0 Å². The normalized spacial score (nSPS) is 16.2. The highest BCUT2D eigenvalue weighted by atomic mass is 16.5. The molecule has 0 unspecified atom stereocenters. The lowest BCUT2D eigenvalue weighted by Gasteiger charge is -2.29. The second-order valence-electron chi connectivity index (χ2n) is 13.0. The molecule has 4 heterocycles. The van der Waals surface area contributed by atoms with Crippen molar-refractivity contribution in [3.8, 4) is 5.88 Å². The molecular formula is C38H48N10O4. The van der Waals surface area contributed by atoms with Gasteiger partial charge in [-0.1, -0.05) is 30.3 Å². The molecule has 5 rings (SSSR count). The molecule has 1 atom stereocenters. The zero-order valence-electron chi connectivity index (χ0n) is 30.0. The number of aromatic nitrogens is 2. The van der Waals surface area contributed by atoms with Gasteiger partial charge < -0.3 is 25.8 Å². The van der Waals surface area contributed by atoms with Crippen molar-refractivity contribution < 1.29 is 19.4 Å². The van der Waals surface area contributed by atoms with Gasteiger partial charge in [-0.25, -0.2) is 15.0 Å². The Balaban J connectivity index is 1.14. The molecule has 2 aliphatic rings. The summed E-state index contributed by atoms with van der Waals surface area (Å²) in [5.74, 6) is 0.697. The molecule has 0 bridgehead atoms. The van der Waals surface area contributed by atoms with E-state index in [0.29, 0.717) is 74.2 Å². The van der Waals surface area contributed by atoms with Gasteiger partial charge >= 0.3 is 0 Å². The first kappa shape index (κ1) is 37.8. The van der Waals surface area contributed by atoms with Gasteiger partial charge in [0, 0.05) is 56.1 Å². The number of amidine groups is 1. The van der Waals surface area contributed by atoms with Crippen LogP contribution in [0.25, 0.3) is 5.57 Å². The van der Waals surface area contributed by atoms with Crippen molar-refractivity contribution in [1.82, 2.24) is 25.1 Å². The summed E-state index contributed by atoms with van der Waals surface area (Å²) in [7, 11) is 0. The number of anilines is 2. The van der Waals surface area contributed by atoms with Crippen LogP contribution in [0.15, 0.2) is 65.8 Å². The molecule has 1 fully saturated rings. The van der Waals surface area contributed by atoms with Crippen molar-refractivity contribution in [2.24, 2.45) is 10.9 Å². The SMILES string of the molecule is CCN(C(=O)[C@@H]1CCN(CC(=O)N2CC=C(c3ccc(C(=N)/N=C\NCCO)cc3)CC2)C1)c1ccc(N)c(C(=N)c2ccc(OC(C)C)nc2)n1. The van der Waals surface area contributed by atoms with Gasteiger partial charge in [0.25, 0.3) is 0 Å². The molecule has 2 aliphatic heterocycles. The summed E-state index contributed by atoms with van der Waals surface area (Å²) >= 11 is 0. The van der Waals surface area contributed by atoms with Gasteiger partial charge in [0.05, 0.1) is 42.9 Å². The van der Waals surface area contributed by atoms with E-state index in [1.54, 1.807) is 35.4 Å². The molecule has 274 valence electrons. The third kappa shape index (κ3) is 9.44. The number of amides is 2. The molecule has 0 saturated carbocycles. The number of aliphatic hydroxyl groups excluding tert-OH is 1. The van der Waals surface area contributed by atoms with Crippen LogP contribution in [0.2, 0.25) is 0 Å². The van der Waals surface area contributed by atoms with E-state index in [1.807, 2.05) is 54.8 Å². The molecule has 1 saturated heterocycles. The number of benzene rings is 1. The predicted molar refractivity (Wildman–Crippen MR) is 203 cm³/mol. The third-order valence-electron chi connectivity index (χ3n) is 9.00. The van der Waals surface area contributed by atoms with Crippen LogP contribution in [0.3, 0.4) is 0 Å². The molecule has 0 spiro atoms. The summed E-state index contributed by atoms with van der Waals surface area (Å²) in [5.41, 5.74) is 10.4. The van der Waals surface area contributed by atoms with Crippen molar-refractivity contribution in [3.05, 3.63) is 83.2 Å². The Hall–Kier alpha value is -5.47. The Morgan fingerprint density at radius 2 is 1.90 bits per heavy atom. The molecule has 3 aromatic rings. The van der Waals surface area contributed by atoms with E-state index in [9.17, 15) is 9.59 Å². The van der Waals surface area contributed by atoms with Crippen molar-refractivity contribution in [2.45, 2.75) is 39.7 Å². The Morgan fingerprint density at radius 3 is 2.56 bits per heavy atom. The number of nitrogens with zero attached hydrogens (tertiary/aromatic N) is 6. The standard InChI is InChI=1S/C38H48N10O4/c1-4-48(32-11-10-31(39)36(45-32)35(40)29-9-12-33(43-21-29)52-25(2)3)38(51)30-13-17-46(22-30)23-34(50)47-18-14-27(15-19-47)26-5-7-28(8-6-26)37(41)44-24-42-16-20-49/h5-12,14,21,24-25,30,40,49H,4,13,15-20,22-23,39H2,1-3H3,(H2,41,42,44)/t30-/m1/s1. The van der Waals surface area contributed by atoms with Gasteiger partial charge in [-0.05, 0) is 69.5 Å². The first-order valence-corrected chi connectivity index (χ1v) is 17.6. The largest absolute Gasteiger partial charge is 0.475 e. The maximum atomic E-state index is 13.8. The number of nitrogens with one attached hydrogen (secondary N) is 3. The minimum absolute atomic E-state index is 0.00440. The fourth-order valence-electron chi connectivity index (χ4n) is 6.22. The van der Waals surface area contributed by atoms with E-state index in [-0.39, 0.29) is 54.2 Å². The van der Waals surface area contributed by atoms with Crippen LogP contribution in [0.5, 0.6) is 5.88 Å². The highest BCUT2D eigenvalue weighted by molar-refractivity contribution is 6.12. The Labute approximate surface area is 304 Å². The molecule has 0 aliphatic carbocycles. The molecule has 1 aromatic carbocycles. The number of rotatable bonds is 14. The van der Waals surface area contributed by atoms with E-state index < -0.39 is 0 Å². The second-order valence-corrected chi connectivity index (χ2v) is 13.0. The van der Waals surface area contributed by atoms with Gasteiger partial charge in [0.2, 0.25) is 17.7 Å². The van der Waals surface area contributed by atoms with Crippen LogP contribution in [0.1, 0.15) is 56.0 Å². The number of hydrogen-bond acceptors (Lipinski definition) is 10. The third-order valence-corrected chi connectivity index (χ3v) is 9.00. The van der Waals surface area contributed by atoms with Crippen molar-refractivity contribution in [2.75, 3.05) is 63.1 Å². The number of carbonyl (C=O) groups is 2. The summed E-state index contributed by atoms with van der Waals surface area (Å²) in [6.07, 6.45) is 6.38. The molecule has 6 N–H and O–H groups in total. The van der Waals surface area contributed by atoms with Crippen LogP contribution < -0.4 is 20.7 Å². The summed E-state index contributed by atoms with van der Waals surface area (Å²) in [5, 5.41) is 28.5. The van der Waals surface area contributed by atoms with Crippen LogP contribution in [-0.4, -0.2) is 113 Å². The number of pyridine rings is 2. The molecule has 0 radical (unpaired) electrons. The maximum absolute atomic E-state index is 13.8. The number of hydrogen-bond donors (Lipinski definition) is 5. The van der Waals surface area contributed by atoms with Gasteiger partial charge in [0.1, 0.15) is 11.5 Å². The van der Waals surface area contributed by atoms with E-state index in [0.717, 1.165) is 17.6 Å². The second kappa shape index (κ2) is 17.6. The van der Waals surface area contributed by atoms with Gasteiger partial charge in [0.15, 0.2) is 5.84 Å². The molecule has 2 aromatic heterocycles. The number of ether oxygens (including phenoxy) is 1. The summed E-state index contributed by atoms with van der Waals surface area (Å²) in [6.45, 7) is 8.98. The van der Waals surface area contributed by atoms with E-state index in [2.05, 4.69) is 26.4 Å². The number of nitrogens with two attached hydrogens (primary N) is 1. The van der Waals surface area contributed by atoms with Gasteiger partial charge in [-0.15, -0.1) is 0 Å². The molecule has 14 heteroatoms.